The largest absolute Gasteiger partial charge is 0.497 e. The van der Waals surface area contributed by atoms with E-state index in [9.17, 15) is 0 Å². The number of hydrogen-bond acceptors (Lipinski definition) is 3. The van der Waals surface area contributed by atoms with Crippen LogP contribution >= 0.6 is 0 Å². The van der Waals surface area contributed by atoms with Gasteiger partial charge in [0.2, 0.25) is 0 Å². The lowest BCUT2D eigenvalue weighted by atomic mass is 10.1. The van der Waals surface area contributed by atoms with Crippen molar-refractivity contribution in [1.29, 1.82) is 0 Å². The monoisotopic (exact) mass is 247 g/mol. The Hall–Kier alpha value is -1.48. The topological polar surface area (TPSA) is 34.4 Å². The number of methoxy groups -OCH3 is 1. The molecule has 0 fully saturated rings. The molecule has 0 amide bonds. The molecule has 3 nitrogen and oxygen atoms in total. The number of hydrogen-bond donors (Lipinski definition) is 1. The Morgan fingerprint density at radius 1 is 1.28 bits per heavy atom. The molecule has 98 valence electrons. The van der Waals surface area contributed by atoms with Crippen molar-refractivity contribution in [2.75, 3.05) is 13.7 Å². The van der Waals surface area contributed by atoms with Gasteiger partial charge in [0.15, 0.2) is 0 Å². The fraction of sp³-hybridized carbons (Fsp3) is 0.467. The maximum atomic E-state index is 5.92. The molecule has 0 aliphatic carbocycles. The summed E-state index contributed by atoms with van der Waals surface area (Å²) < 4.78 is 11.2. The van der Waals surface area contributed by atoms with Crippen LogP contribution in [-0.4, -0.2) is 13.7 Å². The zero-order chi connectivity index (χ0) is 13.0. The van der Waals surface area contributed by atoms with Gasteiger partial charge in [-0.25, -0.2) is 0 Å². The third-order valence-corrected chi connectivity index (χ3v) is 3.15. The molecule has 18 heavy (non-hydrogen) atoms. The molecular weight excluding hydrogens is 226 g/mol. The van der Waals surface area contributed by atoms with Crippen LogP contribution in [0.5, 0.6) is 5.75 Å². The van der Waals surface area contributed by atoms with Crippen molar-refractivity contribution < 1.29 is 9.15 Å². The fourth-order valence-electron chi connectivity index (χ4n) is 2.21. The second kappa shape index (κ2) is 5.91. The zero-order valence-corrected chi connectivity index (χ0v) is 11.4. The van der Waals surface area contributed by atoms with Gasteiger partial charge < -0.3 is 14.5 Å². The highest BCUT2D eigenvalue weighted by Gasteiger charge is 2.12. The van der Waals surface area contributed by atoms with Crippen molar-refractivity contribution in [2.45, 2.75) is 33.2 Å². The van der Waals surface area contributed by atoms with Crippen LogP contribution in [0.15, 0.2) is 22.6 Å². The SMILES string of the molecule is CCCNCc1oc2ccc(OC)cc2c1CC. The van der Waals surface area contributed by atoms with E-state index in [1.165, 1.54) is 10.9 Å². The van der Waals surface area contributed by atoms with Crippen LogP contribution in [0.2, 0.25) is 0 Å². The maximum Gasteiger partial charge on any atom is 0.134 e. The van der Waals surface area contributed by atoms with E-state index >= 15 is 0 Å². The molecule has 0 spiro atoms. The summed E-state index contributed by atoms with van der Waals surface area (Å²) >= 11 is 0. The maximum absolute atomic E-state index is 5.92. The predicted octanol–water partition coefficient (Wildman–Crippen LogP) is 3.50. The van der Waals surface area contributed by atoms with Gasteiger partial charge in [0.25, 0.3) is 0 Å². The normalized spacial score (nSPS) is 11.1. The fourth-order valence-corrected chi connectivity index (χ4v) is 2.21. The van der Waals surface area contributed by atoms with Gasteiger partial charge in [0, 0.05) is 10.9 Å². The lowest BCUT2D eigenvalue weighted by Gasteiger charge is -2.02. The number of benzene rings is 1. The minimum Gasteiger partial charge on any atom is -0.497 e. The van der Waals surface area contributed by atoms with Crippen molar-refractivity contribution in [1.82, 2.24) is 5.32 Å². The highest BCUT2D eigenvalue weighted by Crippen LogP contribution is 2.29. The Labute approximate surface area is 108 Å². The third-order valence-electron chi connectivity index (χ3n) is 3.15. The highest BCUT2D eigenvalue weighted by atomic mass is 16.5. The van der Waals surface area contributed by atoms with Crippen LogP contribution in [0.3, 0.4) is 0 Å². The molecule has 1 heterocycles. The first-order valence-corrected chi connectivity index (χ1v) is 6.59. The Morgan fingerprint density at radius 3 is 2.78 bits per heavy atom. The van der Waals surface area contributed by atoms with Crippen LogP contribution in [0, 0.1) is 0 Å². The number of ether oxygens (including phenoxy) is 1. The molecule has 0 aliphatic rings. The van der Waals surface area contributed by atoms with E-state index in [1.807, 2.05) is 12.1 Å². The average Bonchev–Trinajstić information content (AvgIpc) is 2.75. The van der Waals surface area contributed by atoms with Gasteiger partial charge in [0.05, 0.1) is 13.7 Å². The van der Waals surface area contributed by atoms with Gasteiger partial charge in [-0.2, -0.15) is 0 Å². The molecule has 1 N–H and O–H groups in total. The molecule has 0 unspecified atom stereocenters. The first-order chi connectivity index (χ1) is 8.80. The summed E-state index contributed by atoms with van der Waals surface area (Å²) in [5, 5.41) is 4.56. The number of rotatable bonds is 6. The Balaban J connectivity index is 2.35. The second-order valence-corrected chi connectivity index (χ2v) is 4.40. The first kappa shape index (κ1) is 13.0. The standard InChI is InChI=1S/C15H21NO2/c1-4-8-16-10-15-12(5-2)13-9-11(17-3)6-7-14(13)18-15/h6-7,9,16H,4-5,8,10H2,1-3H3. The van der Waals surface area contributed by atoms with Crippen LogP contribution in [-0.2, 0) is 13.0 Å². The molecule has 3 heteroatoms. The number of furan rings is 1. The number of aryl methyl sites for hydroxylation is 1. The Bertz CT molecular complexity index is 516. The van der Waals surface area contributed by atoms with Crippen LogP contribution < -0.4 is 10.1 Å². The van der Waals surface area contributed by atoms with Gasteiger partial charge in [-0.3, -0.25) is 0 Å². The summed E-state index contributed by atoms with van der Waals surface area (Å²) in [6.07, 6.45) is 2.11. The zero-order valence-electron chi connectivity index (χ0n) is 11.4. The molecule has 0 bridgehead atoms. The second-order valence-electron chi connectivity index (χ2n) is 4.40. The molecule has 1 aromatic heterocycles. The van der Waals surface area contributed by atoms with Crippen LogP contribution in [0.25, 0.3) is 11.0 Å². The molecule has 0 saturated heterocycles. The Morgan fingerprint density at radius 2 is 2.11 bits per heavy atom. The van der Waals surface area contributed by atoms with E-state index in [4.69, 9.17) is 9.15 Å². The summed E-state index contributed by atoms with van der Waals surface area (Å²) in [7, 11) is 1.69. The molecule has 0 radical (unpaired) electrons. The van der Waals surface area contributed by atoms with Gasteiger partial charge in [-0.1, -0.05) is 13.8 Å². The van der Waals surface area contributed by atoms with Gasteiger partial charge in [-0.15, -0.1) is 0 Å². The van der Waals surface area contributed by atoms with E-state index < -0.39 is 0 Å². The van der Waals surface area contributed by atoms with Gasteiger partial charge in [-0.05, 0) is 37.6 Å². The summed E-state index contributed by atoms with van der Waals surface area (Å²) in [5.41, 5.74) is 2.23. The van der Waals surface area contributed by atoms with Gasteiger partial charge >= 0.3 is 0 Å². The van der Waals surface area contributed by atoms with Crippen molar-refractivity contribution >= 4 is 11.0 Å². The third kappa shape index (κ3) is 2.51. The Kier molecular flexibility index (Phi) is 4.26. The predicted molar refractivity (Wildman–Crippen MR) is 74.1 cm³/mol. The van der Waals surface area contributed by atoms with Crippen molar-refractivity contribution in [3.05, 3.63) is 29.5 Å². The lowest BCUT2D eigenvalue weighted by molar-refractivity contribution is 0.415. The molecular formula is C15H21NO2. The van der Waals surface area contributed by atoms with E-state index in [2.05, 4.69) is 25.2 Å². The quantitative estimate of drug-likeness (QED) is 0.793. The minimum absolute atomic E-state index is 0.800. The number of fused-ring (bicyclic) bond motifs is 1. The van der Waals surface area contributed by atoms with E-state index in [0.29, 0.717) is 0 Å². The molecule has 0 saturated carbocycles. The van der Waals surface area contributed by atoms with E-state index in [1.54, 1.807) is 7.11 Å². The molecule has 2 aromatic rings. The van der Waals surface area contributed by atoms with Crippen LogP contribution in [0.1, 0.15) is 31.6 Å². The molecule has 0 atom stereocenters. The summed E-state index contributed by atoms with van der Waals surface area (Å²) in [6.45, 7) is 6.14. The van der Waals surface area contributed by atoms with E-state index in [-0.39, 0.29) is 0 Å². The molecule has 1 aromatic carbocycles. The van der Waals surface area contributed by atoms with Gasteiger partial charge in [0.1, 0.15) is 17.1 Å². The summed E-state index contributed by atoms with van der Waals surface area (Å²) in [5.74, 6) is 1.93. The van der Waals surface area contributed by atoms with E-state index in [0.717, 1.165) is 43.0 Å². The molecule has 2 rings (SSSR count). The molecule has 0 aliphatic heterocycles. The summed E-state index contributed by atoms with van der Waals surface area (Å²) in [4.78, 5) is 0. The minimum atomic E-state index is 0.800. The first-order valence-electron chi connectivity index (χ1n) is 6.59. The van der Waals surface area contributed by atoms with Crippen LogP contribution in [0.4, 0.5) is 0 Å². The lowest BCUT2D eigenvalue weighted by Crippen LogP contribution is -2.14. The highest BCUT2D eigenvalue weighted by molar-refractivity contribution is 5.83. The van der Waals surface area contributed by atoms with Crippen molar-refractivity contribution in [2.24, 2.45) is 0 Å². The summed E-state index contributed by atoms with van der Waals surface area (Å²) in [6, 6.07) is 5.98. The van der Waals surface area contributed by atoms with Crippen molar-refractivity contribution in [3.8, 4) is 5.75 Å². The number of nitrogens with one attached hydrogen (secondary N) is 1. The van der Waals surface area contributed by atoms with Crippen molar-refractivity contribution in [3.63, 3.8) is 0 Å². The average molecular weight is 247 g/mol. The smallest absolute Gasteiger partial charge is 0.134 e.